The third-order valence-corrected chi connectivity index (χ3v) is 8.27. The Morgan fingerprint density at radius 3 is 1.96 bits per heavy atom. The summed E-state index contributed by atoms with van der Waals surface area (Å²) >= 11 is 13.6. The van der Waals surface area contributed by atoms with E-state index >= 15 is 0 Å². The van der Waals surface area contributed by atoms with Crippen molar-refractivity contribution in [2.24, 2.45) is 0 Å². The molecular weight excluding hydrogens is 644 g/mol. The van der Waals surface area contributed by atoms with E-state index in [1.165, 1.54) is 36.0 Å². The van der Waals surface area contributed by atoms with Crippen molar-refractivity contribution in [2.45, 2.75) is 10.1 Å². The van der Waals surface area contributed by atoms with Crippen molar-refractivity contribution in [1.82, 2.24) is 5.32 Å². The quantitative estimate of drug-likeness (QED) is 0.102. The molecule has 1 unspecified atom stereocenters. The summed E-state index contributed by atoms with van der Waals surface area (Å²) < 4.78 is 14.5. The number of halogens is 3. The van der Waals surface area contributed by atoms with Crippen LogP contribution in [0.3, 0.4) is 0 Å². The number of amides is 3. The zero-order valence-electron chi connectivity index (χ0n) is 24.0. The van der Waals surface area contributed by atoms with E-state index in [0.717, 1.165) is 10.5 Å². The van der Waals surface area contributed by atoms with E-state index in [-0.39, 0.29) is 17.2 Å². The van der Waals surface area contributed by atoms with Gasteiger partial charge in [0.05, 0.1) is 0 Å². The molecule has 3 amide bonds. The number of benzene rings is 5. The lowest BCUT2D eigenvalue weighted by Gasteiger charge is -2.18. The first kappa shape index (κ1) is 32.5. The number of nitrogens with one attached hydrogen (secondary N) is 3. The fourth-order valence-electron chi connectivity index (χ4n) is 4.38. The minimum absolute atomic E-state index is 0.137. The van der Waals surface area contributed by atoms with Crippen molar-refractivity contribution in [3.63, 3.8) is 0 Å². The average molecular weight is 671 g/mol. The molecule has 10 heteroatoms. The highest BCUT2D eigenvalue weighted by molar-refractivity contribution is 8.00. The van der Waals surface area contributed by atoms with E-state index in [2.05, 4.69) is 16.0 Å². The Morgan fingerprint density at radius 1 is 0.696 bits per heavy atom. The van der Waals surface area contributed by atoms with Crippen molar-refractivity contribution < 1.29 is 18.8 Å². The third-order valence-electron chi connectivity index (χ3n) is 6.57. The zero-order valence-corrected chi connectivity index (χ0v) is 26.4. The van der Waals surface area contributed by atoms with E-state index in [4.69, 9.17) is 23.2 Å². The van der Waals surface area contributed by atoms with Gasteiger partial charge in [-0.3, -0.25) is 14.4 Å². The molecule has 0 saturated heterocycles. The molecule has 5 aromatic rings. The van der Waals surface area contributed by atoms with Gasteiger partial charge in [0.2, 0.25) is 5.91 Å². The Kier molecular flexibility index (Phi) is 10.9. The molecule has 6 nitrogen and oxygen atoms in total. The van der Waals surface area contributed by atoms with Crippen LogP contribution in [-0.4, -0.2) is 17.7 Å². The Morgan fingerprint density at radius 2 is 1.30 bits per heavy atom. The molecular formula is C36H26Cl2FN3O3S. The summed E-state index contributed by atoms with van der Waals surface area (Å²) in [5.41, 5.74) is 2.02. The highest BCUT2D eigenvalue weighted by Crippen LogP contribution is 2.37. The monoisotopic (exact) mass is 669 g/mol. The maximum absolute atomic E-state index is 14.5. The number of thioether (sulfide) groups is 1. The molecule has 230 valence electrons. The molecule has 0 aliphatic heterocycles. The second-order valence-corrected chi connectivity index (χ2v) is 12.0. The summed E-state index contributed by atoms with van der Waals surface area (Å²) in [7, 11) is 0. The Labute approximate surface area is 279 Å². The molecule has 0 radical (unpaired) electrons. The lowest BCUT2D eigenvalue weighted by atomic mass is 10.1. The van der Waals surface area contributed by atoms with Crippen molar-refractivity contribution in [3.05, 3.63) is 166 Å². The molecule has 0 bridgehead atoms. The summed E-state index contributed by atoms with van der Waals surface area (Å²) in [6.07, 6.45) is 1.28. The first-order valence-corrected chi connectivity index (χ1v) is 15.6. The molecule has 0 saturated carbocycles. The molecule has 0 spiro atoms. The second-order valence-electron chi connectivity index (χ2n) is 9.93. The molecule has 3 N–H and O–H groups in total. The van der Waals surface area contributed by atoms with E-state index in [0.29, 0.717) is 27.0 Å². The maximum atomic E-state index is 14.5. The molecule has 0 heterocycles. The topological polar surface area (TPSA) is 87.3 Å². The predicted octanol–water partition coefficient (Wildman–Crippen LogP) is 9.01. The van der Waals surface area contributed by atoms with Crippen LogP contribution in [0.4, 0.5) is 15.8 Å². The standard InChI is InChI=1S/C36H26Cl2FN3O3S/c37-26-20-27(38)22-29(21-26)41-36(45)33(23-9-3-1-4-10-23)46-30-17-15-28(16-18-30)40-35(44)32(19-25-13-7-8-14-31(25)39)42-34(43)24-11-5-2-6-12-24/h1-22,33H,(H,40,44)(H,41,45)(H,42,43)/b32-19-. The fourth-order valence-corrected chi connectivity index (χ4v) is 5.93. The van der Waals surface area contributed by atoms with Gasteiger partial charge in [-0.1, -0.05) is 89.9 Å². The van der Waals surface area contributed by atoms with Crippen LogP contribution < -0.4 is 16.0 Å². The van der Waals surface area contributed by atoms with E-state index in [9.17, 15) is 18.8 Å². The summed E-state index contributed by atoms with van der Waals surface area (Å²) in [5.74, 6) is -1.98. The molecule has 46 heavy (non-hydrogen) atoms. The first-order valence-electron chi connectivity index (χ1n) is 14.0. The third kappa shape index (κ3) is 8.85. The minimum Gasteiger partial charge on any atom is -0.325 e. The van der Waals surface area contributed by atoms with Crippen LogP contribution in [-0.2, 0) is 9.59 Å². The molecule has 1 atom stereocenters. The average Bonchev–Trinajstić information content (AvgIpc) is 3.05. The Balaban J connectivity index is 1.33. The van der Waals surface area contributed by atoms with E-state index in [1.807, 2.05) is 30.3 Å². The molecule has 5 aromatic carbocycles. The number of rotatable bonds is 10. The van der Waals surface area contributed by atoms with E-state index < -0.39 is 22.9 Å². The molecule has 0 fully saturated rings. The van der Waals surface area contributed by atoms with Gasteiger partial charge in [0.15, 0.2) is 0 Å². The number of hydrogen-bond donors (Lipinski definition) is 3. The lowest BCUT2D eigenvalue weighted by molar-refractivity contribution is -0.116. The van der Waals surface area contributed by atoms with Gasteiger partial charge in [0, 0.05) is 37.4 Å². The lowest BCUT2D eigenvalue weighted by Crippen LogP contribution is -2.30. The maximum Gasteiger partial charge on any atom is 0.272 e. The predicted molar refractivity (Wildman–Crippen MR) is 183 cm³/mol. The van der Waals surface area contributed by atoms with Crippen LogP contribution in [0.25, 0.3) is 6.08 Å². The van der Waals surface area contributed by atoms with Gasteiger partial charge in [-0.05, 0) is 72.3 Å². The second kappa shape index (κ2) is 15.4. The van der Waals surface area contributed by atoms with Crippen LogP contribution in [0.15, 0.2) is 138 Å². The summed E-state index contributed by atoms with van der Waals surface area (Å²) in [6, 6.07) is 35.3. The van der Waals surface area contributed by atoms with Crippen LogP contribution in [0.2, 0.25) is 10.0 Å². The SMILES string of the molecule is O=C(Nc1ccc(SC(C(=O)Nc2cc(Cl)cc(Cl)c2)c2ccccc2)cc1)/C(=C/c1ccccc1F)NC(=O)c1ccccc1. The molecule has 0 aromatic heterocycles. The normalized spacial score (nSPS) is 11.8. The number of carbonyl (C=O) groups excluding carboxylic acids is 3. The largest absolute Gasteiger partial charge is 0.325 e. The van der Waals surface area contributed by atoms with Crippen molar-refractivity contribution in [2.75, 3.05) is 10.6 Å². The van der Waals surface area contributed by atoms with Gasteiger partial charge in [-0.2, -0.15) is 0 Å². The Hall–Kier alpha value is -4.89. The van der Waals surface area contributed by atoms with Crippen LogP contribution in [0, 0.1) is 5.82 Å². The van der Waals surface area contributed by atoms with Gasteiger partial charge < -0.3 is 16.0 Å². The molecule has 0 aliphatic rings. The highest BCUT2D eigenvalue weighted by atomic mass is 35.5. The minimum atomic E-state index is -0.644. The first-order chi connectivity index (χ1) is 22.2. The van der Waals surface area contributed by atoms with Gasteiger partial charge >= 0.3 is 0 Å². The Bertz CT molecular complexity index is 1870. The summed E-state index contributed by atoms with van der Waals surface area (Å²) in [6.45, 7) is 0. The highest BCUT2D eigenvalue weighted by Gasteiger charge is 2.23. The van der Waals surface area contributed by atoms with Gasteiger partial charge in [0.1, 0.15) is 16.8 Å². The van der Waals surface area contributed by atoms with Gasteiger partial charge in [-0.25, -0.2) is 4.39 Å². The van der Waals surface area contributed by atoms with Crippen molar-refractivity contribution in [3.8, 4) is 0 Å². The van der Waals surface area contributed by atoms with E-state index in [1.54, 1.807) is 78.9 Å². The zero-order chi connectivity index (χ0) is 32.5. The van der Waals surface area contributed by atoms with Crippen molar-refractivity contribution >= 4 is 70.1 Å². The number of anilines is 2. The molecule has 0 aliphatic carbocycles. The molecule has 5 rings (SSSR count). The van der Waals surface area contributed by atoms with Crippen LogP contribution >= 0.6 is 35.0 Å². The summed E-state index contributed by atoms with van der Waals surface area (Å²) in [4.78, 5) is 40.4. The summed E-state index contributed by atoms with van der Waals surface area (Å²) in [5, 5.41) is 8.43. The number of hydrogen-bond acceptors (Lipinski definition) is 4. The van der Waals surface area contributed by atoms with Gasteiger partial charge in [-0.15, -0.1) is 11.8 Å². The fraction of sp³-hybridized carbons (Fsp3) is 0.0278. The van der Waals surface area contributed by atoms with Crippen molar-refractivity contribution in [1.29, 1.82) is 0 Å². The van der Waals surface area contributed by atoms with Crippen LogP contribution in [0.1, 0.15) is 26.7 Å². The van der Waals surface area contributed by atoms with Crippen LogP contribution in [0.5, 0.6) is 0 Å². The van der Waals surface area contributed by atoms with Gasteiger partial charge in [0.25, 0.3) is 11.8 Å². The number of carbonyl (C=O) groups is 3. The smallest absolute Gasteiger partial charge is 0.272 e.